The van der Waals surface area contributed by atoms with Crippen LogP contribution in [0.5, 0.6) is 0 Å². The normalized spacial score (nSPS) is 11.8. The molecule has 0 atom stereocenters. The van der Waals surface area contributed by atoms with Gasteiger partial charge >= 0.3 is 0 Å². The molecule has 7 nitrogen and oxygen atoms in total. The summed E-state index contributed by atoms with van der Waals surface area (Å²) >= 11 is 5.77. The largest absolute Gasteiger partial charge is 0.457 e. The van der Waals surface area contributed by atoms with Crippen LogP contribution < -0.4 is 0 Å². The number of benzene rings is 2. The average Bonchev–Trinajstić information content (AvgIpc) is 3.15. The third kappa shape index (κ3) is 3.96. The molecule has 0 fully saturated rings. The van der Waals surface area contributed by atoms with Crippen molar-refractivity contribution in [1.82, 2.24) is 0 Å². The maximum atomic E-state index is 12.6. The van der Waals surface area contributed by atoms with Crippen LogP contribution in [-0.2, 0) is 9.84 Å². The second-order valence-corrected chi connectivity index (χ2v) is 7.94. The molecule has 0 aliphatic rings. The van der Waals surface area contributed by atoms with E-state index in [1.165, 1.54) is 54.6 Å². The molecular formula is C19H11ClN2O5S. The van der Waals surface area contributed by atoms with Gasteiger partial charge in [0.05, 0.1) is 9.82 Å². The van der Waals surface area contributed by atoms with Crippen LogP contribution in [-0.4, -0.2) is 13.3 Å². The molecule has 0 saturated heterocycles. The fourth-order valence-electron chi connectivity index (χ4n) is 2.40. The summed E-state index contributed by atoms with van der Waals surface area (Å²) in [5.41, 5.74) is 0.349. The molecule has 0 saturated carbocycles. The summed E-state index contributed by atoms with van der Waals surface area (Å²) < 4.78 is 30.8. The van der Waals surface area contributed by atoms with Gasteiger partial charge < -0.3 is 4.42 Å². The minimum atomic E-state index is -4.05. The minimum Gasteiger partial charge on any atom is -0.457 e. The molecular weight excluding hydrogens is 404 g/mol. The number of nitro groups is 1. The van der Waals surface area contributed by atoms with Gasteiger partial charge in [-0.05, 0) is 36.4 Å². The lowest BCUT2D eigenvalue weighted by atomic mass is 10.1. The van der Waals surface area contributed by atoms with Crippen LogP contribution >= 0.6 is 11.6 Å². The van der Waals surface area contributed by atoms with Gasteiger partial charge in [0.25, 0.3) is 5.69 Å². The lowest BCUT2D eigenvalue weighted by molar-refractivity contribution is -0.384. The van der Waals surface area contributed by atoms with E-state index < -0.39 is 19.7 Å². The van der Waals surface area contributed by atoms with Gasteiger partial charge in [-0.3, -0.25) is 10.1 Å². The second-order valence-electron chi connectivity index (χ2n) is 5.59. The third-order valence-electron chi connectivity index (χ3n) is 3.77. The first-order chi connectivity index (χ1) is 13.3. The number of halogens is 1. The fraction of sp³-hybridized carbons (Fsp3) is 0. The molecule has 0 aliphatic carbocycles. The number of hydrogen-bond donors (Lipinski definition) is 0. The molecule has 0 unspecified atom stereocenters. The molecule has 0 bridgehead atoms. The highest BCUT2D eigenvalue weighted by Gasteiger charge is 2.21. The Hall–Kier alpha value is -3.41. The number of non-ortho nitro benzene ring substituents is 1. The van der Waals surface area contributed by atoms with Crippen molar-refractivity contribution in [1.29, 1.82) is 5.26 Å². The summed E-state index contributed by atoms with van der Waals surface area (Å²) in [5, 5.41) is 20.6. The van der Waals surface area contributed by atoms with E-state index in [1.54, 1.807) is 12.1 Å². The van der Waals surface area contributed by atoms with Crippen molar-refractivity contribution in [2.45, 2.75) is 4.90 Å². The molecule has 1 heterocycles. The van der Waals surface area contributed by atoms with Crippen molar-refractivity contribution in [3.63, 3.8) is 0 Å². The summed E-state index contributed by atoms with van der Waals surface area (Å²) in [6, 6.07) is 15.9. The minimum absolute atomic E-state index is 0.0739. The molecule has 0 aliphatic heterocycles. The molecule has 2 aromatic carbocycles. The van der Waals surface area contributed by atoms with Gasteiger partial charge in [0.1, 0.15) is 17.6 Å². The van der Waals surface area contributed by atoms with Crippen molar-refractivity contribution < 1.29 is 17.8 Å². The van der Waals surface area contributed by atoms with Gasteiger partial charge in [0.15, 0.2) is 4.91 Å². The summed E-state index contributed by atoms with van der Waals surface area (Å²) in [6.45, 7) is 0. The highest BCUT2D eigenvalue weighted by atomic mass is 35.5. The fourth-order valence-corrected chi connectivity index (χ4v) is 3.66. The molecule has 3 rings (SSSR count). The second kappa shape index (κ2) is 7.68. The van der Waals surface area contributed by atoms with E-state index in [9.17, 15) is 23.8 Å². The van der Waals surface area contributed by atoms with Gasteiger partial charge in [-0.25, -0.2) is 8.42 Å². The van der Waals surface area contributed by atoms with Crippen LogP contribution in [0.2, 0.25) is 5.02 Å². The Morgan fingerprint density at radius 3 is 2.50 bits per heavy atom. The van der Waals surface area contributed by atoms with E-state index in [0.29, 0.717) is 16.3 Å². The van der Waals surface area contributed by atoms with Crippen LogP contribution in [0.4, 0.5) is 5.69 Å². The summed E-state index contributed by atoms with van der Waals surface area (Å²) in [5.74, 6) is 0.423. The molecule has 0 radical (unpaired) electrons. The van der Waals surface area contributed by atoms with Gasteiger partial charge in [-0.15, -0.1) is 0 Å². The number of rotatable bonds is 5. The van der Waals surface area contributed by atoms with Crippen LogP contribution in [0.15, 0.2) is 74.9 Å². The maximum absolute atomic E-state index is 12.6. The Bertz CT molecular complexity index is 1220. The summed E-state index contributed by atoms with van der Waals surface area (Å²) in [6.07, 6.45) is 1.10. The zero-order valence-corrected chi connectivity index (χ0v) is 15.6. The average molecular weight is 415 g/mol. The molecule has 140 valence electrons. The van der Waals surface area contributed by atoms with E-state index in [1.807, 2.05) is 0 Å². The quantitative estimate of drug-likeness (QED) is 0.335. The SMILES string of the molecule is N#C/C(=C\c1ccc(-c2cccc([N+](=O)[O-])c2)o1)S(=O)(=O)c1ccc(Cl)cc1. The monoisotopic (exact) mass is 414 g/mol. The molecule has 9 heteroatoms. The first-order valence-electron chi connectivity index (χ1n) is 7.78. The number of furan rings is 1. The lowest BCUT2D eigenvalue weighted by Gasteiger charge is -2.02. The molecule has 1 aromatic heterocycles. The molecule has 0 N–H and O–H groups in total. The summed E-state index contributed by atoms with van der Waals surface area (Å²) in [4.78, 5) is 9.79. The number of sulfone groups is 1. The van der Waals surface area contributed by atoms with Crippen LogP contribution in [0, 0.1) is 21.4 Å². The van der Waals surface area contributed by atoms with Crippen LogP contribution in [0.1, 0.15) is 5.76 Å². The number of nitro benzene ring substituents is 1. The van der Waals surface area contributed by atoms with Crippen molar-refractivity contribution in [2.24, 2.45) is 0 Å². The number of nitriles is 1. The predicted molar refractivity (Wildman–Crippen MR) is 103 cm³/mol. The summed E-state index contributed by atoms with van der Waals surface area (Å²) in [7, 11) is -4.05. The van der Waals surface area contributed by atoms with E-state index >= 15 is 0 Å². The maximum Gasteiger partial charge on any atom is 0.270 e. The lowest BCUT2D eigenvalue weighted by Crippen LogP contribution is -2.03. The van der Waals surface area contributed by atoms with E-state index in [-0.39, 0.29) is 16.3 Å². The smallest absolute Gasteiger partial charge is 0.270 e. The molecule has 0 amide bonds. The standard InChI is InChI=1S/C19H11ClN2O5S/c20-14-4-7-17(8-5-14)28(25,26)18(12-21)11-16-6-9-19(27-16)13-2-1-3-15(10-13)22(23)24/h1-11H/b18-11+. The van der Waals surface area contributed by atoms with Crippen molar-refractivity contribution >= 4 is 33.2 Å². The molecule has 0 spiro atoms. The zero-order chi connectivity index (χ0) is 20.3. The van der Waals surface area contributed by atoms with Gasteiger partial charge in [-0.1, -0.05) is 23.7 Å². The number of nitrogens with zero attached hydrogens (tertiary/aromatic N) is 2. The van der Waals surface area contributed by atoms with E-state index in [2.05, 4.69) is 0 Å². The Morgan fingerprint density at radius 2 is 1.86 bits per heavy atom. The third-order valence-corrected chi connectivity index (χ3v) is 5.70. The first-order valence-corrected chi connectivity index (χ1v) is 9.64. The van der Waals surface area contributed by atoms with Crippen LogP contribution in [0.3, 0.4) is 0 Å². The van der Waals surface area contributed by atoms with Gasteiger partial charge in [-0.2, -0.15) is 5.26 Å². The molecule has 3 aromatic rings. The Kier molecular flexibility index (Phi) is 5.31. The Balaban J connectivity index is 1.97. The predicted octanol–water partition coefficient (Wildman–Crippen LogP) is 4.85. The zero-order valence-electron chi connectivity index (χ0n) is 14.1. The Labute approximate surface area is 165 Å². The Morgan fingerprint density at radius 1 is 1.14 bits per heavy atom. The number of hydrogen-bond acceptors (Lipinski definition) is 6. The van der Waals surface area contributed by atoms with E-state index in [0.717, 1.165) is 6.08 Å². The van der Waals surface area contributed by atoms with Gasteiger partial charge in [0, 0.05) is 28.8 Å². The topological polar surface area (TPSA) is 114 Å². The first kappa shape index (κ1) is 19.4. The van der Waals surface area contributed by atoms with Crippen LogP contribution in [0.25, 0.3) is 17.4 Å². The van der Waals surface area contributed by atoms with Crippen molar-refractivity contribution in [3.05, 3.63) is 86.5 Å². The van der Waals surface area contributed by atoms with Crippen molar-refractivity contribution in [3.8, 4) is 17.4 Å². The highest BCUT2D eigenvalue weighted by Crippen LogP contribution is 2.28. The molecule has 28 heavy (non-hydrogen) atoms. The van der Waals surface area contributed by atoms with Crippen molar-refractivity contribution in [2.75, 3.05) is 0 Å². The number of allylic oxidation sites excluding steroid dienone is 1. The van der Waals surface area contributed by atoms with Gasteiger partial charge in [0.2, 0.25) is 9.84 Å². The highest BCUT2D eigenvalue weighted by molar-refractivity contribution is 7.95. The van der Waals surface area contributed by atoms with E-state index in [4.69, 9.17) is 16.0 Å².